The van der Waals surface area contributed by atoms with Gasteiger partial charge in [-0.25, -0.2) is 0 Å². The van der Waals surface area contributed by atoms with E-state index in [1.807, 2.05) is 26.0 Å². The van der Waals surface area contributed by atoms with Crippen LogP contribution in [-0.2, 0) is 4.79 Å². The monoisotopic (exact) mass is 232 g/mol. The molecule has 2 atom stereocenters. The molecule has 3 heteroatoms. The molecule has 1 saturated heterocycles. The number of hydrogen-bond acceptors (Lipinski definition) is 2. The molecule has 1 aromatic carbocycles. The number of benzene rings is 1. The van der Waals surface area contributed by atoms with Crippen molar-refractivity contribution >= 4 is 11.6 Å². The SMILES string of the molecule is Cc1ccc(C)c(NC(=O)C2CNCC2C)c1. The molecule has 1 aromatic rings. The summed E-state index contributed by atoms with van der Waals surface area (Å²) >= 11 is 0. The molecule has 17 heavy (non-hydrogen) atoms. The van der Waals surface area contributed by atoms with Crippen molar-refractivity contribution < 1.29 is 4.79 Å². The Kier molecular flexibility index (Phi) is 3.48. The van der Waals surface area contributed by atoms with E-state index in [1.54, 1.807) is 0 Å². The molecule has 0 radical (unpaired) electrons. The molecule has 1 fully saturated rings. The number of carbonyl (C=O) groups excluding carboxylic acids is 1. The van der Waals surface area contributed by atoms with Crippen molar-refractivity contribution in [2.24, 2.45) is 11.8 Å². The summed E-state index contributed by atoms with van der Waals surface area (Å²) in [4.78, 5) is 12.1. The largest absolute Gasteiger partial charge is 0.326 e. The molecule has 0 saturated carbocycles. The molecule has 2 N–H and O–H groups in total. The molecular weight excluding hydrogens is 212 g/mol. The van der Waals surface area contributed by atoms with E-state index in [4.69, 9.17) is 0 Å². The highest BCUT2D eigenvalue weighted by atomic mass is 16.1. The molecule has 2 unspecified atom stereocenters. The molecule has 92 valence electrons. The van der Waals surface area contributed by atoms with Crippen molar-refractivity contribution in [3.05, 3.63) is 29.3 Å². The van der Waals surface area contributed by atoms with Crippen LogP contribution in [0.2, 0.25) is 0 Å². The van der Waals surface area contributed by atoms with Crippen LogP contribution in [0.4, 0.5) is 5.69 Å². The lowest BCUT2D eigenvalue weighted by Crippen LogP contribution is -2.28. The van der Waals surface area contributed by atoms with Gasteiger partial charge in [0.25, 0.3) is 0 Å². The van der Waals surface area contributed by atoms with Crippen LogP contribution in [0.25, 0.3) is 0 Å². The summed E-state index contributed by atoms with van der Waals surface area (Å²) in [5.41, 5.74) is 3.22. The molecule has 1 amide bonds. The summed E-state index contributed by atoms with van der Waals surface area (Å²) < 4.78 is 0. The fourth-order valence-corrected chi connectivity index (χ4v) is 2.26. The van der Waals surface area contributed by atoms with Crippen LogP contribution in [0.1, 0.15) is 18.1 Å². The van der Waals surface area contributed by atoms with Gasteiger partial charge in [-0.15, -0.1) is 0 Å². The second-order valence-electron chi connectivity index (χ2n) is 5.05. The Morgan fingerprint density at radius 3 is 2.76 bits per heavy atom. The van der Waals surface area contributed by atoms with Crippen LogP contribution in [0.5, 0.6) is 0 Å². The molecule has 1 aliphatic heterocycles. The lowest BCUT2D eigenvalue weighted by atomic mass is 9.97. The van der Waals surface area contributed by atoms with Crippen LogP contribution >= 0.6 is 0 Å². The third-order valence-electron chi connectivity index (χ3n) is 3.51. The summed E-state index contributed by atoms with van der Waals surface area (Å²) in [5, 5.41) is 6.30. The molecule has 2 rings (SSSR count). The number of nitrogens with one attached hydrogen (secondary N) is 2. The van der Waals surface area contributed by atoms with Gasteiger partial charge in [0.05, 0.1) is 5.92 Å². The van der Waals surface area contributed by atoms with E-state index in [2.05, 4.69) is 23.6 Å². The summed E-state index contributed by atoms with van der Waals surface area (Å²) in [6.07, 6.45) is 0. The van der Waals surface area contributed by atoms with E-state index in [0.717, 1.165) is 24.3 Å². The Morgan fingerprint density at radius 1 is 1.35 bits per heavy atom. The second-order valence-corrected chi connectivity index (χ2v) is 5.05. The zero-order valence-electron chi connectivity index (χ0n) is 10.7. The van der Waals surface area contributed by atoms with E-state index in [-0.39, 0.29) is 11.8 Å². The minimum absolute atomic E-state index is 0.0925. The molecule has 1 aliphatic rings. The summed E-state index contributed by atoms with van der Waals surface area (Å²) in [6.45, 7) is 7.90. The Morgan fingerprint density at radius 2 is 2.12 bits per heavy atom. The lowest BCUT2D eigenvalue weighted by molar-refractivity contribution is -0.120. The van der Waals surface area contributed by atoms with Gasteiger partial charge in [-0.3, -0.25) is 4.79 Å². The Bertz CT molecular complexity index is 428. The summed E-state index contributed by atoms with van der Waals surface area (Å²) in [6, 6.07) is 6.13. The standard InChI is InChI=1S/C14H20N2O/c1-9-4-5-10(2)13(6-9)16-14(17)12-8-15-7-11(12)3/h4-6,11-12,15H,7-8H2,1-3H3,(H,16,17). The van der Waals surface area contributed by atoms with Gasteiger partial charge >= 0.3 is 0 Å². The van der Waals surface area contributed by atoms with Gasteiger partial charge in [-0.1, -0.05) is 19.1 Å². The van der Waals surface area contributed by atoms with Crippen LogP contribution in [0.3, 0.4) is 0 Å². The number of carbonyl (C=O) groups is 1. The zero-order chi connectivity index (χ0) is 12.4. The van der Waals surface area contributed by atoms with Crippen molar-refractivity contribution in [3.8, 4) is 0 Å². The first kappa shape index (κ1) is 12.1. The van der Waals surface area contributed by atoms with Gasteiger partial charge in [-0.05, 0) is 43.5 Å². The van der Waals surface area contributed by atoms with Crippen LogP contribution in [-0.4, -0.2) is 19.0 Å². The Hall–Kier alpha value is -1.35. The van der Waals surface area contributed by atoms with Crippen molar-refractivity contribution in [3.63, 3.8) is 0 Å². The molecule has 3 nitrogen and oxygen atoms in total. The fraction of sp³-hybridized carbons (Fsp3) is 0.500. The van der Waals surface area contributed by atoms with Gasteiger partial charge < -0.3 is 10.6 Å². The molecule has 0 aliphatic carbocycles. The lowest BCUT2D eigenvalue weighted by Gasteiger charge is -2.15. The van der Waals surface area contributed by atoms with Gasteiger partial charge in [0.15, 0.2) is 0 Å². The van der Waals surface area contributed by atoms with Crippen molar-refractivity contribution in [2.45, 2.75) is 20.8 Å². The van der Waals surface area contributed by atoms with E-state index in [1.165, 1.54) is 5.56 Å². The quantitative estimate of drug-likeness (QED) is 0.820. The van der Waals surface area contributed by atoms with Crippen molar-refractivity contribution in [1.29, 1.82) is 0 Å². The highest BCUT2D eigenvalue weighted by molar-refractivity contribution is 5.93. The maximum absolute atomic E-state index is 12.1. The van der Waals surface area contributed by atoms with Gasteiger partial charge in [-0.2, -0.15) is 0 Å². The number of aryl methyl sites for hydroxylation is 2. The van der Waals surface area contributed by atoms with Crippen molar-refractivity contribution in [1.82, 2.24) is 5.32 Å². The molecule has 0 bridgehead atoms. The zero-order valence-corrected chi connectivity index (χ0v) is 10.7. The third kappa shape index (κ3) is 2.67. The number of anilines is 1. The third-order valence-corrected chi connectivity index (χ3v) is 3.51. The molecular formula is C14H20N2O. The van der Waals surface area contributed by atoms with Crippen molar-refractivity contribution in [2.75, 3.05) is 18.4 Å². The summed E-state index contributed by atoms with van der Waals surface area (Å²) in [5.74, 6) is 0.645. The first-order valence-electron chi connectivity index (χ1n) is 6.17. The molecule has 1 heterocycles. The maximum atomic E-state index is 12.1. The maximum Gasteiger partial charge on any atom is 0.229 e. The van der Waals surface area contributed by atoms with Gasteiger partial charge in [0.1, 0.15) is 0 Å². The highest BCUT2D eigenvalue weighted by Gasteiger charge is 2.29. The minimum Gasteiger partial charge on any atom is -0.326 e. The Balaban J connectivity index is 2.10. The predicted octanol–water partition coefficient (Wildman–Crippen LogP) is 2.10. The summed E-state index contributed by atoms with van der Waals surface area (Å²) in [7, 11) is 0. The van der Waals surface area contributed by atoms with Crippen LogP contribution in [0, 0.1) is 25.7 Å². The van der Waals surface area contributed by atoms with E-state index < -0.39 is 0 Å². The first-order chi connectivity index (χ1) is 8.08. The first-order valence-corrected chi connectivity index (χ1v) is 6.17. The fourth-order valence-electron chi connectivity index (χ4n) is 2.26. The average molecular weight is 232 g/mol. The molecule has 0 spiro atoms. The van der Waals surface area contributed by atoms with E-state index >= 15 is 0 Å². The number of rotatable bonds is 2. The van der Waals surface area contributed by atoms with E-state index in [9.17, 15) is 4.79 Å². The van der Waals surface area contributed by atoms with E-state index in [0.29, 0.717) is 5.92 Å². The number of hydrogen-bond donors (Lipinski definition) is 2. The van der Waals surface area contributed by atoms with Gasteiger partial charge in [0.2, 0.25) is 5.91 Å². The highest BCUT2D eigenvalue weighted by Crippen LogP contribution is 2.21. The number of amides is 1. The van der Waals surface area contributed by atoms with Gasteiger partial charge in [0, 0.05) is 12.2 Å². The second kappa shape index (κ2) is 4.88. The topological polar surface area (TPSA) is 41.1 Å². The minimum atomic E-state index is 0.0925. The van der Waals surface area contributed by atoms with Crippen LogP contribution in [0.15, 0.2) is 18.2 Å². The smallest absolute Gasteiger partial charge is 0.229 e. The molecule has 0 aromatic heterocycles. The normalized spacial score (nSPS) is 23.7. The average Bonchev–Trinajstić information content (AvgIpc) is 2.70. The predicted molar refractivity (Wildman–Crippen MR) is 70.1 cm³/mol. The Labute approximate surface area is 103 Å². The van der Waals surface area contributed by atoms with Crippen LogP contribution < -0.4 is 10.6 Å².